The summed E-state index contributed by atoms with van der Waals surface area (Å²) in [5, 5.41) is 3.72. The first-order valence-electron chi connectivity index (χ1n) is 10.3. The Kier molecular flexibility index (Phi) is 6.35. The second-order valence-electron chi connectivity index (χ2n) is 7.63. The minimum atomic E-state index is -0.397. The number of benzene rings is 1. The summed E-state index contributed by atoms with van der Waals surface area (Å²) in [4.78, 5) is 37.7. The molecular weight excluding hydrogens is 418 g/mol. The van der Waals surface area contributed by atoms with Crippen molar-refractivity contribution in [2.24, 2.45) is 0 Å². The van der Waals surface area contributed by atoms with Crippen molar-refractivity contribution in [3.05, 3.63) is 18.5 Å². The number of carbonyl (C=O) groups is 2. The van der Waals surface area contributed by atoms with Gasteiger partial charge in [0.15, 0.2) is 11.5 Å². The minimum absolute atomic E-state index is 0.0919. The van der Waals surface area contributed by atoms with Crippen LogP contribution in [0.15, 0.2) is 18.5 Å². The maximum Gasteiger partial charge on any atom is 0.325 e. The first-order chi connectivity index (χ1) is 15.1. The number of methoxy groups -OCH3 is 2. The summed E-state index contributed by atoms with van der Waals surface area (Å²) in [6.07, 6.45) is 5.61. The monoisotopic (exact) mass is 445 g/mol. The second-order valence-corrected chi connectivity index (χ2v) is 8.62. The van der Waals surface area contributed by atoms with Crippen LogP contribution in [0, 0.1) is 0 Å². The number of piperidine rings is 1. The molecule has 166 valence electrons. The van der Waals surface area contributed by atoms with Gasteiger partial charge in [0.2, 0.25) is 0 Å². The number of imide groups is 1. The van der Waals surface area contributed by atoms with Crippen molar-refractivity contribution in [2.45, 2.75) is 31.3 Å². The Bertz CT molecular complexity index is 980. The molecule has 1 aromatic heterocycles. The molecule has 1 atom stereocenters. The molecule has 0 bridgehead atoms. The molecule has 2 aliphatic heterocycles. The van der Waals surface area contributed by atoms with Crippen molar-refractivity contribution in [3.8, 4) is 11.5 Å². The van der Waals surface area contributed by atoms with Crippen molar-refractivity contribution in [1.82, 2.24) is 20.2 Å². The Balaban J connectivity index is 1.50. The smallest absolute Gasteiger partial charge is 0.325 e. The van der Waals surface area contributed by atoms with Gasteiger partial charge in [-0.15, -0.1) is 0 Å². The van der Waals surface area contributed by atoms with E-state index >= 15 is 0 Å². The van der Waals surface area contributed by atoms with Gasteiger partial charge in [0.05, 0.1) is 19.7 Å². The molecule has 1 aromatic carbocycles. The molecule has 10 heteroatoms. The molecular formula is C21H27N5O4S. The average Bonchev–Trinajstić information content (AvgIpc) is 3.09. The van der Waals surface area contributed by atoms with Crippen LogP contribution in [0.5, 0.6) is 11.5 Å². The van der Waals surface area contributed by atoms with Crippen molar-refractivity contribution in [1.29, 1.82) is 0 Å². The summed E-state index contributed by atoms with van der Waals surface area (Å²) >= 11 is 1.67. The molecule has 1 N–H and O–H groups in total. The van der Waals surface area contributed by atoms with Gasteiger partial charge in [-0.1, -0.05) is 0 Å². The quantitative estimate of drug-likeness (QED) is 0.649. The van der Waals surface area contributed by atoms with E-state index in [0.717, 1.165) is 22.5 Å². The lowest BCUT2D eigenvalue weighted by molar-refractivity contribution is -0.129. The molecule has 2 aromatic rings. The van der Waals surface area contributed by atoms with Crippen LogP contribution in [-0.2, 0) is 4.79 Å². The number of rotatable bonds is 7. The van der Waals surface area contributed by atoms with E-state index in [2.05, 4.69) is 20.2 Å². The van der Waals surface area contributed by atoms with Crippen molar-refractivity contribution < 1.29 is 19.1 Å². The molecule has 0 spiro atoms. The third-order valence-corrected chi connectivity index (χ3v) is 6.56. The Morgan fingerprint density at radius 3 is 2.52 bits per heavy atom. The molecule has 0 radical (unpaired) electrons. The number of amides is 3. The van der Waals surface area contributed by atoms with Crippen LogP contribution in [0.1, 0.15) is 19.3 Å². The highest BCUT2D eigenvalue weighted by Gasteiger charge is 2.42. The summed E-state index contributed by atoms with van der Waals surface area (Å²) in [7, 11) is 3.20. The predicted octanol–water partition coefficient (Wildman–Crippen LogP) is 2.29. The van der Waals surface area contributed by atoms with E-state index in [1.807, 2.05) is 18.4 Å². The van der Waals surface area contributed by atoms with Gasteiger partial charge < -0.3 is 19.7 Å². The highest BCUT2D eigenvalue weighted by atomic mass is 32.2. The Morgan fingerprint density at radius 1 is 1.13 bits per heavy atom. The Hall–Kier alpha value is -2.75. The first kappa shape index (κ1) is 21.5. The normalized spacial score (nSPS) is 19.8. The number of urea groups is 1. The minimum Gasteiger partial charge on any atom is -0.493 e. The van der Waals surface area contributed by atoms with E-state index in [9.17, 15) is 9.59 Å². The maximum atomic E-state index is 12.8. The number of fused-ring (bicyclic) bond motifs is 1. The summed E-state index contributed by atoms with van der Waals surface area (Å²) in [5.74, 6) is 2.81. The van der Waals surface area contributed by atoms with Gasteiger partial charge in [0, 0.05) is 30.6 Å². The van der Waals surface area contributed by atoms with E-state index in [4.69, 9.17) is 9.47 Å². The van der Waals surface area contributed by atoms with Crippen LogP contribution in [0.3, 0.4) is 0 Å². The van der Waals surface area contributed by atoms with Gasteiger partial charge >= 0.3 is 6.03 Å². The molecule has 2 saturated heterocycles. The van der Waals surface area contributed by atoms with Gasteiger partial charge in [-0.05, 0) is 37.3 Å². The summed E-state index contributed by atoms with van der Waals surface area (Å²) in [5.41, 5.74) is 0.774. The van der Waals surface area contributed by atoms with Gasteiger partial charge in [0.1, 0.15) is 18.2 Å². The Labute approximate surface area is 185 Å². The Morgan fingerprint density at radius 2 is 1.84 bits per heavy atom. The highest BCUT2D eigenvalue weighted by Crippen LogP contribution is 2.35. The standard InChI is InChI=1S/C21H27N5O4S/c1-29-17-10-14-16(11-18(17)30-2)22-12-23-19(14)25-7-4-13(5-8-25)26-20(27)15(6-9-31-3)24-21(26)28/h10-13,15H,4-9H2,1-3H3,(H,24,28). The number of nitrogens with one attached hydrogen (secondary N) is 1. The third-order valence-electron chi connectivity index (χ3n) is 5.91. The number of hydrogen-bond acceptors (Lipinski definition) is 8. The van der Waals surface area contributed by atoms with Crippen LogP contribution < -0.4 is 19.7 Å². The third kappa shape index (κ3) is 4.08. The fourth-order valence-corrected chi connectivity index (χ4v) is 4.75. The van der Waals surface area contributed by atoms with Crippen molar-refractivity contribution >= 4 is 40.4 Å². The average molecular weight is 446 g/mol. The molecule has 0 aliphatic carbocycles. The molecule has 31 heavy (non-hydrogen) atoms. The van der Waals surface area contributed by atoms with Gasteiger partial charge in [-0.3, -0.25) is 9.69 Å². The molecule has 2 aliphatic rings. The topological polar surface area (TPSA) is 96.9 Å². The molecule has 1 unspecified atom stereocenters. The van der Waals surface area contributed by atoms with Crippen molar-refractivity contribution in [2.75, 3.05) is 44.2 Å². The highest BCUT2D eigenvalue weighted by molar-refractivity contribution is 7.98. The summed E-state index contributed by atoms with van der Waals surface area (Å²) in [6, 6.07) is 2.98. The van der Waals surface area contributed by atoms with Crippen LogP contribution >= 0.6 is 11.8 Å². The van der Waals surface area contributed by atoms with Gasteiger partial charge in [-0.2, -0.15) is 11.8 Å². The number of thioether (sulfide) groups is 1. The molecule has 4 rings (SSSR count). The number of carbonyl (C=O) groups excluding carboxylic acids is 2. The van der Waals surface area contributed by atoms with Crippen molar-refractivity contribution in [3.63, 3.8) is 0 Å². The van der Waals surface area contributed by atoms with E-state index in [0.29, 0.717) is 43.9 Å². The van der Waals surface area contributed by atoms with E-state index in [-0.39, 0.29) is 18.0 Å². The lowest BCUT2D eigenvalue weighted by atomic mass is 10.0. The van der Waals surface area contributed by atoms with E-state index < -0.39 is 6.04 Å². The lowest BCUT2D eigenvalue weighted by Gasteiger charge is -2.36. The fraction of sp³-hybridized carbons (Fsp3) is 0.524. The molecule has 2 fully saturated rings. The zero-order valence-electron chi connectivity index (χ0n) is 18.0. The summed E-state index contributed by atoms with van der Waals surface area (Å²) < 4.78 is 10.8. The lowest BCUT2D eigenvalue weighted by Crippen LogP contribution is -2.48. The van der Waals surface area contributed by atoms with E-state index in [1.54, 1.807) is 32.3 Å². The van der Waals surface area contributed by atoms with Gasteiger partial charge in [0.25, 0.3) is 5.91 Å². The second kappa shape index (κ2) is 9.17. The largest absolute Gasteiger partial charge is 0.493 e. The van der Waals surface area contributed by atoms with Crippen LogP contribution in [-0.4, -0.2) is 78.2 Å². The number of aromatic nitrogens is 2. The van der Waals surface area contributed by atoms with Crippen LogP contribution in [0.2, 0.25) is 0 Å². The summed E-state index contributed by atoms with van der Waals surface area (Å²) in [6.45, 7) is 1.38. The first-order valence-corrected chi connectivity index (χ1v) is 11.7. The fourth-order valence-electron chi connectivity index (χ4n) is 4.28. The van der Waals surface area contributed by atoms with E-state index in [1.165, 1.54) is 4.90 Å². The predicted molar refractivity (Wildman–Crippen MR) is 120 cm³/mol. The zero-order valence-corrected chi connectivity index (χ0v) is 18.8. The molecule has 3 heterocycles. The number of ether oxygens (including phenoxy) is 2. The number of hydrogen-bond donors (Lipinski definition) is 1. The SMILES string of the molecule is COc1cc2ncnc(N3CCC(N4C(=O)NC(CCSC)C4=O)CC3)c2cc1OC. The molecule has 9 nitrogen and oxygen atoms in total. The maximum absolute atomic E-state index is 12.8. The van der Waals surface area contributed by atoms with Gasteiger partial charge in [-0.25, -0.2) is 14.8 Å². The number of nitrogens with zero attached hydrogens (tertiary/aromatic N) is 4. The van der Waals surface area contributed by atoms with Crippen LogP contribution in [0.25, 0.3) is 10.9 Å². The molecule has 0 saturated carbocycles. The zero-order chi connectivity index (χ0) is 22.0. The van der Waals surface area contributed by atoms with Crippen LogP contribution in [0.4, 0.5) is 10.6 Å². The molecule has 3 amide bonds. The number of anilines is 1.